The Kier molecular flexibility index (Phi) is 6.50. The number of likely N-dealkylation sites (N-methyl/N-ethyl adjacent to an activating group) is 1. The Morgan fingerprint density at radius 1 is 1.24 bits per heavy atom. The molecule has 0 aromatic rings. The number of allylic oxidation sites excluding steroid dienone is 1. The van der Waals surface area contributed by atoms with Gasteiger partial charge in [-0.15, -0.1) is 0 Å². The van der Waals surface area contributed by atoms with Gasteiger partial charge >= 0.3 is 0 Å². The summed E-state index contributed by atoms with van der Waals surface area (Å²) in [7, 11) is 0. The highest BCUT2D eigenvalue weighted by molar-refractivity contribution is 7.78. The van der Waals surface area contributed by atoms with Crippen LogP contribution in [0.2, 0.25) is 0 Å². The first-order valence-corrected chi connectivity index (χ1v) is 6.38. The molecule has 0 bridgehead atoms. The molecule has 0 atom stereocenters. The molecular weight excluding hydrogens is 228 g/mol. The number of rotatable bonds is 7. The second-order valence-corrected chi connectivity index (χ2v) is 4.00. The van der Waals surface area contributed by atoms with Gasteiger partial charge in [-0.1, -0.05) is 25.3 Å². The fourth-order valence-electron chi connectivity index (χ4n) is 1.59. The largest absolute Gasteiger partial charge is 0.299 e. The average molecular weight is 246 g/mol. The standard InChI is InChI=1S/C14H18N2S/c1-3-16(4-2)11-14-7-5-13(6-8-14)9-10-15-12-17/h5,7H,3-4,9-11H2,1-2H3. The van der Waals surface area contributed by atoms with Gasteiger partial charge in [0.05, 0.1) is 11.7 Å². The van der Waals surface area contributed by atoms with Crippen LogP contribution >= 0.6 is 12.2 Å². The molecule has 1 rings (SSSR count). The molecule has 0 radical (unpaired) electrons. The fourth-order valence-corrected chi connectivity index (χ4v) is 1.68. The summed E-state index contributed by atoms with van der Waals surface area (Å²) in [5.74, 6) is 0. The lowest BCUT2D eigenvalue weighted by atomic mass is 10.1. The van der Waals surface area contributed by atoms with E-state index in [-0.39, 0.29) is 0 Å². The van der Waals surface area contributed by atoms with E-state index in [1.54, 1.807) is 0 Å². The molecule has 0 aliphatic heterocycles. The molecule has 0 spiro atoms. The third-order valence-corrected chi connectivity index (χ3v) is 2.84. The van der Waals surface area contributed by atoms with Crippen molar-refractivity contribution in [1.29, 1.82) is 0 Å². The number of isothiocyanates is 1. The molecular formula is C14H18N2S. The Balaban J connectivity index is 2.62. The van der Waals surface area contributed by atoms with Gasteiger partial charge in [-0.3, -0.25) is 4.90 Å². The smallest absolute Gasteiger partial charge is 0.0585 e. The summed E-state index contributed by atoms with van der Waals surface area (Å²) < 4.78 is 0. The first-order chi connectivity index (χ1) is 8.30. The average Bonchev–Trinajstić information content (AvgIpc) is 2.38. The molecule has 0 saturated carbocycles. The summed E-state index contributed by atoms with van der Waals surface area (Å²) >= 11 is 4.52. The highest BCUT2D eigenvalue weighted by atomic mass is 32.1. The van der Waals surface area contributed by atoms with Crippen molar-refractivity contribution in [3.05, 3.63) is 34.8 Å². The molecule has 0 aromatic heterocycles. The van der Waals surface area contributed by atoms with Crippen LogP contribution in [0.1, 0.15) is 20.3 Å². The first kappa shape index (κ1) is 13.9. The van der Waals surface area contributed by atoms with Crippen LogP contribution in [0.25, 0.3) is 0 Å². The van der Waals surface area contributed by atoms with Crippen LogP contribution in [0.3, 0.4) is 0 Å². The van der Waals surface area contributed by atoms with Gasteiger partial charge in [-0.05, 0) is 37.5 Å². The van der Waals surface area contributed by atoms with Crippen molar-refractivity contribution in [3.8, 4) is 0 Å². The van der Waals surface area contributed by atoms with Gasteiger partial charge in [0, 0.05) is 24.1 Å². The SMILES string of the molecule is CCN(CC)CC1=C=C=C(CCN=C=S)C=C1. The number of hydrogen-bond acceptors (Lipinski definition) is 3. The number of thiocarbonyl (C=S) groups is 1. The van der Waals surface area contributed by atoms with Crippen molar-refractivity contribution in [2.24, 2.45) is 4.99 Å². The van der Waals surface area contributed by atoms with Crippen molar-refractivity contribution < 1.29 is 0 Å². The molecule has 1 aliphatic carbocycles. The van der Waals surface area contributed by atoms with Crippen LogP contribution in [0, 0.1) is 0 Å². The van der Waals surface area contributed by atoms with E-state index < -0.39 is 0 Å². The zero-order valence-corrected chi connectivity index (χ0v) is 11.3. The van der Waals surface area contributed by atoms with Crippen molar-refractivity contribution in [2.75, 3.05) is 26.2 Å². The number of nitrogens with zero attached hydrogens (tertiary/aromatic N) is 2. The number of aliphatic imine (C=N–C) groups is 1. The molecule has 0 amide bonds. The van der Waals surface area contributed by atoms with Gasteiger partial charge in [-0.2, -0.15) is 0 Å². The molecule has 0 N–H and O–H groups in total. The molecule has 0 heterocycles. The Bertz CT molecular complexity index is 425. The van der Waals surface area contributed by atoms with Crippen molar-refractivity contribution in [3.63, 3.8) is 0 Å². The minimum Gasteiger partial charge on any atom is -0.299 e. The molecule has 1 aliphatic rings. The van der Waals surface area contributed by atoms with E-state index in [4.69, 9.17) is 0 Å². The summed E-state index contributed by atoms with van der Waals surface area (Å²) in [4.78, 5) is 6.24. The van der Waals surface area contributed by atoms with Gasteiger partial charge in [0.1, 0.15) is 0 Å². The molecule has 0 aromatic carbocycles. The van der Waals surface area contributed by atoms with Crippen LogP contribution < -0.4 is 0 Å². The van der Waals surface area contributed by atoms with E-state index >= 15 is 0 Å². The lowest BCUT2D eigenvalue weighted by Crippen LogP contribution is -2.24. The highest BCUT2D eigenvalue weighted by Crippen LogP contribution is 2.10. The lowest BCUT2D eigenvalue weighted by Gasteiger charge is -2.17. The van der Waals surface area contributed by atoms with Crippen molar-refractivity contribution in [1.82, 2.24) is 4.90 Å². The normalized spacial score (nSPS) is 13.4. The van der Waals surface area contributed by atoms with E-state index in [1.165, 1.54) is 5.57 Å². The third-order valence-electron chi connectivity index (χ3n) is 2.72. The summed E-state index contributed by atoms with van der Waals surface area (Å²) in [6.45, 7) is 8.10. The van der Waals surface area contributed by atoms with E-state index in [1.807, 2.05) is 0 Å². The quantitative estimate of drug-likeness (QED) is 0.390. The summed E-state index contributed by atoms with van der Waals surface area (Å²) in [5.41, 5.74) is 8.70. The molecule has 3 heteroatoms. The Hall–Kier alpha value is -1.20. The molecule has 0 saturated heterocycles. The second kappa shape index (κ2) is 7.97. The van der Waals surface area contributed by atoms with Gasteiger partial charge < -0.3 is 0 Å². The van der Waals surface area contributed by atoms with Crippen LogP contribution in [0.15, 0.2) is 39.8 Å². The molecule has 0 fully saturated rings. The Morgan fingerprint density at radius 2 is 1.88 bits per heavy atom. The Labute approximate surface area is 109 Å². The minimum atomic E-state index is 0.684. The lowest BCUT2D eigenvalue weighted by molar-refractivity contribution is 0.332. The van der Waals surface area contributed by atoms with Gasteiger partial charge in [-0.25, -0.2) is 4.99 Å². The van der Waals surface area contributed by atoms with E-state index in [2.05, 4.69) is 64.7 Å². The van der Waals surface area contributed by atoms with Crippen LogP contribution in [0.4, 0.5) is 0 Å². The van der Waals surface area contributed by atoms with Crippen molar-refractivity contribution >= 4 is 17.4 Å². The zero-order valence-electron chi connectivity index (χ0n) is 10.5. The highest BCUT2D eigenvalue weighted by Gasteiger charge is 2.03. The third kappa shape index (κ3) is 5.10. The molecule has 0 unspecified atom stereocenters. The van der Waals surface area contributed by atoms with E-state index in [9.17, 15) is 0 Å². The predicted molar refractivity (Wildman–Crippen MR) is 75.5 cm³/mol. The van der Waals surface area contributed by atoms with Crippen LogP contribution in [-0.4, -0.2) is 36.2 Å². The first-order valence-electron chi connectivity index (χ1n) is 5.97. The predicted octanol–water partition coefficient (Wildman–Crippen LogP) is 3.00. The van der Waals surface area contributed by atoms with Gasteiger partial charge in [0.25, 0.3) is 0 Å². The van der Waals surface area contributed by atoms with Crippen LogP contribution in [0.5, 0.6) is 0 Å². The minimum absolute atomic E-state index is 0.684. The maximum Gasteiger partial charge on any atom is 0.0585 e. The number of hydrogen-bond donors (Lipinski definition) is 0. The van der Waals surface area contributed by atoms with Crippen LogP contribution in [-0.2, 0) is 0 Å². The maximum absolute atomic E-state index is 4.52. The van der Waals surface area contributed by atoms with Crippen molar-refractivity contribution in [2.45, 2.75) is 20.3 Å². The molecule has 17 heavy (non-hydrogen) atoms. The fraction of sp³-hybridized carbons (Fsp3) is 0.500. The maximum atomic E-state index is 4.52. The zero-order chi connectivity index (χ0) is 12.5. The van der Waals surface area contributed by atoms with Gasteiger partial charge in [0.2, 0.25) is 0 Å². The summed E-state index contributed by atoms with van der Waals surface area (Å²) in [6, 6.07) is 0. The van der Waals surface area contributed by atoms with Gasteiger partial charge in [0.15, 0.2) is 0 Å². The Morgan fingerprint density at radius 3 is 2.41 bits per heavy atom. The topological polar surface area (TPSA) is 15.6 Å². The van der Waals surface area contributed by atoms with E-state index in [0.717, 1.165) is 31.6 Å². The molecule has 2 nitrogen and oxygen atoms in total. The summed E-state index contributed by atoms with van der Waals surface area (Å²) in [5, 5.41) is 2.37. The summed E-state index contributed by atoms with van der Waals surface area (Å²) in [6.07, 6.45) is 5.06. The second-order valence-electron chi connectivity index (χ2n) is 3.82. The molecule has 90 valence electrons. The van der Waals surface area contributed by atoms with E-state index in [0.29, 0.717) is 6.54 Å². The monoisotopic (exact) mass is 246 g/mol.